The van der Waals surface area contributed by atoms with Gasteiger partial charge in [-0.3, -0.25) is 9.97 Å². The van der Waals surface area contributed by atoms with Gasteiger partial charge in [0.15, 0.2) is 0 Å². The molecule has 110 valence electrons. The van der Waals surface area contributed by atoms with Crippen LogP contribution >= 0.6 is 0 Å². The van der Waals surface area contributed by atoms with E-state index in [9.17, 15) is 0 Å². The third-order valence-electron chi connectivity index (χ3n) is 4.27. The van der Waals surface area contributed by atoms with E-state index < -0.39 is 0 Å². The maximum atomic E-state index is 4.66. The largest absolute Gasteiger partial charge is 0.309 e. The molecule has 0 bridgehead atoms. The molecule has 2 aromatic heterocycles. The van der Waals surface area contributed by atoms with Gasteiger partial charge in [-0.25, -0.2) is 0 Å². The lowest BCUT2D eigenvalue weighted by molar-refractivity contribution is 0.436. The van der Waals surface area contributed by atoms with E-state index >= 15 is 0 Å². The van der Waals surface area contributed by atoms with Crippen molar-refractivity contribution in [3.8, 4) is 0 Å². The fourth-order valence-corrected chi connectivity index (χ4v) is 3.31. The minimum Gasteiger partial charge on any atom is -0.309 e. The van der Waals surface area contributed by atoms with Gasteiger partial charge in [-0.05, 0) is 55.5 Å². The van der Waals surface area contributed by atoms with Gasteiger partial charge in [0.2, 0.25) is 0 Å². The van der Waals surface area contributed by atoms with Gasteiger partial charge in [-0.1, -0.05) is 19.1 Å². The van der Waals surface area contributed by atoms with Gasteiger partial charge in [0.05, 0.1) is 0 Å². The number of rotatable bonds is 5. The summed E-state index contributed by atoms with van der Waals surface area (Å²) >= 11 is 0. The van der Waals surface area contributed by atoms with Gasteiger partial charge in [0.1, 0.15) is 0 Å². The molecule has 0 saturated carbocycles. The molecule has 0 spiro atoms. The summed E-state index contributed by atoms with van der Waals surface area (Å²) in [7, 11) is 0. The zero-order chi connectivity index (χ0) is 14.7. The molecule has 0 amide bonds. The number of hydrogen-bond acceptors (Lipinski definition) is 3. The first kappa shape index (κ1) is 14.2. The average molecular weight is 281 g/mol. The number of hydrogen-bond donors (Lipinski definition) is 1. The van der Waals surface area contributed by atoms with E-state index in [4.69, 9.17) is 0 Å². The second-order valence-electron chi connectivity index (χ2n) is 5.92. The standard InChI is InChI=1S/C18H23N3/c1-3-8-20-18(15-10-13(2)11-19-12-15)16-7-6-14-5-4-9-21-17(14)16/h4-5,9-12,16,18,20H,3,6-8H2,1-2H3. The average Bonchev–Trinajstić information content (AvgIpc) is 2.92. The maximum Gasteiger partial charge on any atom is 0.0485 e. The molecular formula is C18H23N3. The summed E-state index contributed by atoms with van der Waals surface area (Å²) < 4.78 is 0. The van der Waals surface area contributed by atoms with Gasteiger partial charge in [-0.2, -0.15) is 0 Å². The summed E-state index contributed by atoms with van der Waals surface area (Å²) in [6.07, 6.45) is 9.28. The summed E-state index contributed by atoms with van der Waals surface area (Å²) in [5, 5.41) is 3.72. The number of aryl methyl sites for hydroxylation is 2. The van der Waals surface area contributed by atoms with E-state index in [2.05, 4.69) is 41.3 Å². The second-order valence-corrected chi connectivity index (χ2v) is 5.92. The molecule has 2 atom stereocenters. The minimum atomic E-state index is 0.313. The lowest BCUT2D eigenvalue weighted by Gasteiger charge is -2.25. The van der Waals surface area contributed by atoms with Crippen LogP contribution in [0, 0.1) is 6.92 Å². The van der Waals surface area contributed by atoms with Crippen LogP contribution in [0.25, 0.3) is 0 Å². The quantitative estimate of drug-likeness (QED) is 0.910. The van der Waals surface area contributed by atoms with Crippen molar-refractivity contribution in [1.29, 1.82) is 0 Å². The highest BCUT2D eigenvalue weighted by molar-refractivity contribution is 5.33. The third-order valence-corrected chi connectivity index (χ3v) is 4.27. The zero-order valence-corrected chi connectivity index (χ0v) is 12.8. The molecule has 1 aliphatic carbocycles. The highest BCUT2D eigenvalue weighted by Gasteiger charge is 2.31. The molecule has 1 N–H and O–H groups in total. The van der Waals surface area contributed by atoms with Crippen molar-refractivity contribution in [3.63, 3.8) is 0 Å². The van der Waals surface area contributed by atoms with E-state index in [-0.39, 0.29) is 0 Å². The van der Waals surface area contributed by atoms with Gasteiger partial charge >= 0.3 is 0 Å². The first-order valence-electron chi connectivity index (χ1n) is 7.88. The smallest absolute Gasteiger partial charge is 0.0485 e. The molecule has 2 unspecified atom stereocenters. The van der Waals surface area contributed by atoms with Gasteiger partial charge < -0.3 is 5.32 Å². The van der Waals surface area contributed by atoms with Crippen LogP contribution < -0.4 is 5.32 Å². The number of nitrogens with one attached hydrogen (secondary N) is 1. The van der Waals surface area contributed by atoms with Gasteiger partial charge in [0.25, 0.3) is 0 Å². The number of nitrogens with zero attached hydrogens (tertiary/aromatic N) is 2. The van der Waals surface area contributed by atoms with Gasteiger partial charge in [0, 0.05) is 36.2 Å². The van der Waals surface area contributed by atoms with Crippen LogP contribution in [0.1, 0.15) is 54.1 Å². The normalized spacial score (nSPS) is 18.5. The number of aromatic nitrogens is 2. The molecule has 21 heavy (non-hydrogen) atoms. The summed E-state index contributed by atoms with van der Waals surface area (Å²) in [5.74, 6) is 0.455. The van der Waals surface area contributed by atoms with Crippen molar-refractivity contribution in [2.75, 3.05) is 6.54 Å². The third kappa shape index (κ3) is 2.98. The van der Waals surface area contributed by atoms with E-state index in [0.29, 0.717) is 12.0 Å². The second kappa shape index (κ2) is 6.35. The number of fused-ring (bicyclic) bond motifs is 1. The Bertz CT molecular complexity index is 609. The molecule has 0 radical (unpaired) electrons. The Morgan fingerprint density at radius 2 is 2.29 bits per heavy atom. The summed E-state index contributed by atoms with van der Waals surface area (Å²) in [6, 6.07) is 6.83. The molecule has 3 rings (SSSR count). The Balaban J connectivity index is 1.93. The molecule has 2 aromatic rings. The Morgan fingerprint density at radius 3 is 3.10 bits per heavy atom. The van der Waals surface area contributed by atoms with Crippen LogP contribution in [-0.2, 0) is 6.42 Å². The minimum absolute atomic E-state index is 0.313. The van der Waals surface area contributed by atoms with Crippen molar-refractivity contribution in [2.45, 2.75) is 45.1 Å². The van der Waals surface area contributed by atoms with Crippen LogP contribution in [0.4, 0.5) is 0 Å². The van der Waals surface area contributed by atoms with Crippen molar-refractivity contribution in [3.05, 3.63) is 59.2 Å². The van der Waals surface area contributed by atoms with E-state index in [1.54, 1.807) is 0 Å². The van der Waals surface area contributed by atoms with Crippen molar-refractivity contribution >= 4 is 0 Å². The fraction of sp³-hybridized carbons (Fsp3) is 0.444. The van der Waals surface area contributed by atoms with E-state index in [0.717, 1.165) is 19.4 Å². The summed E-state index contributed by atoms with van der Waals surface area (Å²) in [6.45, 7) is 5.34. The SMILES string of the molecule is CCCNC(c1cncc(C)c1)C1CCc2cccnc21. The molecule has 0 saturated heterocycles. The van der Waals surface area contributed by atoms with E-state index in [1.165, 1.54) is 28.8 Å². The predicted molar refractivity (Wildman–Crippen MR) is 85.3 cm³/mol. The molecule has 0 fully saturated rings. The van der Waals surface area contributed by atoms with E-state index in [1.807, 2.05) is 24.7 Å². The fourth-order valence-electron chi connectivity index (χ4n) is 3.31. The van der Waals surface area contributed by atoms with Crippen LogP contribution in [0.2, 0.25) is 0 Å². The lowest BCUT2D eigenvalue weighted by atomic mass is 9.91. The van der Waals surface area contributed by atoms with Crippen LogP contribution in [0.15, 0.2) is 36.8 Å². The molecule has 0 aromatic carbocycles. The Hall–Kier alpha value is -1.74. The molecule has 0 aliphatic heterocycles. The monoisotopic (exact) mass is 281 g/mol. The molecular weight excluding hydrogens is 258 g/mol. The molecule has 2 heterocycles. The van der Waals surface area contributed by atoms with Crippen LogP contribution in [0.5, 0.6) is 0 Å². The summed E-state index contributed by atoms with van der Waals surface area (Å²) in [4.78, 5) is 9.04. The van der Waals surface area contributed by atoms with Crippen LogP contribution in [-0.4, -0.2) is 16.5 Å². The Morgan fingerprint density at radius 1 is 1.38 bits per heavy atom. The Kier molecular flexibility index (Phi) is 4.30. The first-order chi connectivity index (χ1) is 10.3. The topological polar surface area (TPSA) is 37.8 Å². The van der Waals surface area contributed by atoms with Crippen molar-refractivity contribution < 1.29 is 0 Å². The molecule has 3 nitrogen and oxygen atoms in total. The summed E-state index contributed by atoms with van der Waals surface area (Å²) in [5.41, 5.74) is 5.18. The number of pyridine rings is 2. The maximum absolute atomic E-state index is 4.66. The zero-order valence-electron chi connectivity index (χ0n) is 12.8. The predicted octanol–water partition coefficient (Wildman–Crippen LogP) is 3.56. The Labute approximate surface area is 126 Å². The van der Waals surface area contributed by atoms with Crippen LogP contribution in [0.3, 0.4) is 0 Å². The molecule has 3 heteroatoms. The highest BCUT2D eigenvalue weighted by Crippen LogP contribution is 2.40. The van der Waals surface area contributed by atoms with Crippen molar-refractivity contribution in [2.24, 2.45) is 0 Å². The highest BCUT2D eigenvalue weighted by atomic mass is 14.9. The van der Waals surface area contributed by atoms with Crippen molar-refractivity contribution in [1.82, 2.24) is 15.3 Å². The first-order valence-corrected chi connectivity index (χ1v) is 7.88. The van der Waals surface area contributed by atoms with Gasteiger partial charge in [-0.15, -0.1) is 0 Å². The molecule has 1 aliphatic rings. The lowest BCUT2D eigenvalue weighted by Crippen LogP contribution is -2.27.